The molecule has 172 valence electrons. The Bertz CT molecular complexity index is 1080. The first-order valence-electron chi connectivity index (χ1n) is 9.53. The molecule has 0 bridgehead atoms. The molecule has 0 aromatic heterocycles. The predicted molar refractivity (Wildman–Crippen MR) is 114 cm³/mol. The van der Waals surface area contributed by atoms with Gasteiger partial charge < -0.3 is 25.9 Å². The molecular weight excluding hydrogens is 443 g/mol. The van der Waals surface area contributed by atoms with Crippen LogP contribution in [0.1, 0.15) is 5.56 Å². The highest BCUT2D eigenvalue weighted by atomic mass is 32.2. The third kappa shape index (κ3) is 5.35. The van der Waals surface area contributed by atoms with Gasteiger partial charge in [0.05, 0.1) is 11.5 Å². The number of aliphatic hydroxyl groups is 3. The number of ether oxygens (including phenoxy) is 1. The van der Waals surface area contributed by atoms with E-state index in [-0.39, 0.29) is 10.6 Å². The van der Waals surface area contributed by atoms with Gasteiger partial charge in [-0.3, -0.25) is 4.99 Å². The van der Waals surface area contributed by atoms with Crippen molar-refractivity contribution in [3.8, 4) is 0 Å². The van der Waals surface area contributed by atoms with Crippen LogP contribution >= 0.6 is 0 Å². The van der Waals surface area contributed by atoms with Crippen molar-refractivity contribution in [2.75, 3.05) is 6.61 Å². The van der Waals surface area contributed by atoms with Gasteiger partial charge in [0.1, 0.15) is 42.1 Å². The van der Waals surface area contributed by atoms with Crippen molar-refractivity contribution in [3.63, 3.8) is 0 Å². The number of sulfonamides is 1. The van der Waals surface area contributed by atoms with Crippen LogP contribution in [-0.2, 0) is 14.8 Å². The van der Waals surface area contributed by atoms with Gasteiger partial charge in [0.25, 0.3) is 0 Å². The van der Waals surface area contributed by atoms with E-state index in [1.807, 2.05) is 0 Å². The molecular formula is C20H23FN4O6S. The maximum atomic E-state index is 13.5. The van der Waals surface area contributed by atoms with Crippen LogP contribution in [0.15, 0.2) is 69.6 Å². The molecule has 2 unspecified atom stereocenters. The van der Waals surface area contributed by atoms with Crippen LogP contribution in [0.25, 0.3) is 0 Å². The van der Waals surface area contributed by atoms with E-state index in [9.17, 15) is 28.1 Å². The standard InChI is InChI=1S/C20H23FN4O6S/c21-13-6-4-5-12(9-13)15(24-22)10-23-17-18(27)16(11-26)31-20(19(17)28)25-32(29,30)14-7-2-1-3-8-14/h1-10,16-20,25-28H,11,22H2/t16?,17?,18-,19-,20+/m0/s1. The Morgan fingerprint density at radius 3 is 2.50 bits per heavy atom. The maximum Gasteiger partial charge on any atom is 0.242 e. The summed E-state index contributed by atoms with van der Waals surface area (Å²) in [6.45, 7) is -0.662. The maximum absolute atomic E-state index is 13.5. The highest BCUT2D eigenvalue weighted by Gasteiger charge is 2.45. The van der Waals surface area contributed by atoms with Gasteiger partial charge in [-0.15, -0.1) is 0 Å². The number of hydrogen-bond donors (Lipinski definition) is 5. The van der Waals surface area contributed by atoms with E-state index in [0.717, 1.165) is 6.21 Å². The van der Waals surface area contributed by atoms with E-state index < -0.39 is 53.0 Å². The SMILES string of the molecule is NN=C(C=NC1[C@@H](O)C(CO)O[C@@H](NS(=O)(=O)c2ccccc2)[C@H]1O)c1cccc(F)c1. The molecule has 3 rings (SSSR count). The number of benzene rings is 2. The van der Waals surface area contributed by atoms with Gasteiger partial charge in [0.2, 0.25) is 10.0 Å². The van der Waals surface area contributed by atoms with E-state index in [1.54, 1.807) is 6.07 Å². The van der Waals surface area contributed by atoms with E-state index in [4.69, 9.17) is 10.6 Å². The number of halogens is 1. The van der Waals surface area contributed by atoms with E-state index in [2.05, 4.69) is 14.8 Å². The fraction of sp³-hybridized carbons (Fsp3) is 0.300. The van der Waals surface area contributed by atoms with Crippen molar-refractivity contribution >= 4 is 21.9 Å². The number of aliphatic hydroxyl groups excluding tert-OH is 3. The molecule has 12 heteroatoms. The number of hydrazone groups is 1. The average Bonchev–Trinajstić information content (AvgIpc) is 2.78. The smallest absolute Gasteiger partial charge is 0.242 e. The number of rotatable bonds is 7. The van der Waals surface area contributed by atoms with Crippen molar-refractivity contribution in [3.05, 3.63) is 66.0 Å². The molecule has 32 heavy (non-hydrogen) atoms. The predicted octanol–water partition coefficient (Wildman–Crippen LogP) is -0.655. The number of nitrogens with zero attached hydrogens (tertiary/aromatic N) is 2. The third-order valence-electron chi connectivity index (χ3n) is 4.85. The lowest BCUT2D eigenvalue weighted by atomic mass is 9.96. The molecule has 2 aromatic rings. The quantitative estimate of drug-likeness (QED) is 0.205. The van der Waals surface area contributed by atoms with Crippen LogP contribution in [0.2, 0.25) is 0 Å². The number of hydrogen-bond acceptors (Lipinski definition) is 9. The van der Waals surface area contributed by atoms with Crippen LogP contribution < -0.4 is 10.6 Å². The second kappa shape index (κ2) is 10.3. The van der Waals surface area contributed by atoms with Gasteiger partial charge in [-0.1, -0.05) is 30.3 Å². The van der Waals surface area contributed by atoms with Crippen molar-refractivity contribution in [1.82, 2.24) is 4.72 Å². The number of nitrogens with one attached hydrogen (secondary N) is 1. The first kappa shape index (κ1) is 23.9. The second-order valence-electron chi connectivity index (χ2n) is 6.99. The summed E-state index contributed by atoms with van der Waals surface area (Å²) in [5.41, 5.74) is 0.352. The summed E-state index contributed by atoms with van der Waals surface area (Å²) >= 11 is 0. The van der Waals surface area contributed by atoms with Gasteiger partial charge >= 0.3 is 0 Å². The van der Waals surface area contributed by atoms with Gasteiger partial charge in [-0.2, -0.15) is 9.82 Å². The molecule has 1 saturated heterocycles. The molecule has 0 amide bonds. The summed E-state index contributed by atoms with van der Waals surface area (Å²) < 4.78 is 46.3. The van der Waals surface area contributed by atoms with Crippen molar-refractivity contribution < 1.29 is 32.9 Å². The zero-order valence-corrected chi connectivity index (χ0v) is 17.5. The molecule has 10 nitrogen and oxygen atoms in total. The molecule has 6 N–H and O–H groups in total. The monoisotopic (exact) mass is 466 g/mol. The number of nitrogens with two attached hydrogens (primary N) is 1. The van der Waals surface area contributed by atoms with Crippen LogP contribution in [-0.4, -0.2) is 72.9 Å². The van der Waals surface area contributed by atoms with Gasteiger partial charge in [0.15, 0.2) is 0 Å². The Kier molecular flexibility index (Phi) is 7.66. The summed E-state index contributed by atoms with van der Waals surface area (Å²) in [4.78, 5) is 4.03. The fourth-order valence-corrected chi connectivity index (χ4v) is 4.34. The topological polar surface area (TPSA) is 167 Å². The Morgan fingerprint density at radius 1 is 1.16 bits per heavy atom. The molecule has 1 heterocycles. The first-order valence-corrected chi connectivity index (χ1v) is 11.0. The molecule has 0 saturated carbocycles. The Balaban J connectivity index is 1.85. The van der Waals surface area contributed by atoms with Crippen LogP contribution in [0.3, 0.4) is 0 Å². The van der Waals surface area contributed by atoms with Crippen molar-refractivity contribution in [2.24, 2.45) is 15.9 Å². The molecule has 1 aliphatic rings. The molecule has 2 aromatic carbocycles. The summed E-state index contributed by atoms with van der Waals surface area (Å²) in [5, 5.41) is 34.2. The van der Waals surface area contributed by atoms with Crippen molar-refractivity contribution in [2.45, 2.75) is 35.5 Å². The van der Waals surface area contributed by atoms with E-state index in [1.165, 1.54) is 48.5 Å². The summed E-state index contributed by atoms with van der Waals surface area (Å²) in [7, 11) is -4.08. The van der Waals surface area contributed by atoms with Gasteiger partial charge in [-0.05, 0) is 24.3 Å². The lowest BCUT2D eigenvalue weighted by molar-refractivity contribution is -0.190. The van der Waals surface area contributed by atoms with Crippen molar-refractivity contribution in [1.29, 1.82) is 0 Å². The Labute approximate surface area is 183 Å². The lowest BCUT2D eigenvalue weighted by Gasteiger charge is -2.40. The van der Waals surface area contributed by atoms with Gasteiger partial charge in [-0.25, -0.2) is 12.8 Å². The van der Waals surface area contributed by atoms with Crippen LogP contribution in [0, 0.1) is 5.82 Å². The molecule has 1 fully saturated rings. The normalized spacial score (nSPS) is 27.0. The number of aliphatic imine (C=N–C) groups is 1. The van der Waals surface area contributed by atoms with E-state index in [0.29, 0.717) is 5.56 Å². The summed E-state index contributed by atoms with van der Waals surface area (Å²) in [6.07, 6.45) is -4.75. The summed E-state index contributed by atoms with van der Waals surface area (Å²) in [6, 6.07) is 11.5. The second-order valence-corrected chi connectivity index (χ2v) is 8.70. The average molecular weight is 466 g/mol. The molecule has 1 aliphatic heterocycles. The third-order valence-corrected chi connectivity index (χ3v) is 6.28. The molecule has 0 aliphatic carbocycles. The van der Waals surface area contributed by atoms with Gasteiger partial charge in [0, 0.05) is 11.8 Å². The Morgan fingerprint density at radius 2 is 1.88 bits per heavy atom. The van der Waals surface area contributed by atoms with Crippen LogP contribution in [0.4, 0.5) is 4.39 Å². The van der Waals surface area contributed by atoms with Crippen LogP contribution in [0.5, 0.6) is 0 Å². The molecule has 0 spiro atoms. The molecule has 5 atom stereocenters. The summed E-state index contributed by atoms with van der Waals surface area (Å²) in [5.74, 6) is 4.83. The zero-order valence-electron chi connectivity index (χ0n) is 16.7. The lowest BCUT2D eigenvalue weighted by Crippen LogP contribution is -2.62. The molecule has 0 radical (unpaired) electrons. The fourth-order valence-electron chi connectivity index (χ4n) is 3.18. The Hall–Kier alpha value is -2.74. The minimum absolute atomic E-state index is 0.0531. The zero-order chi connectivity index (χ0) is 23.3. The van der Waals surface area contributed by atoms with E-state index >= 15 is 0 Å². The highest BCUT2D eigenvalue weighted by Crippen LogP contribution is 2.24. The largest absolute Gasteiger partial charge is 0.394 e. The minimum Gasteiger partial charge on any atom is -0.394 e. The first-order chi connectivity index (χ1) is 15.3. The minimum atomic E-state index is -4.08. The highest BCUT2D eigenvalue weighted by molar-refractivity contribution is 7.89.